The van der Waals surface area contributed by atoms with E-state index in [2.05, 4.69) is 20.9 Å². The topological polar surface area (TPSA) is 65.5 Å². The van der Waals surface area contributed by atoms with Crippen LogP contribution in [0, 0.1) is 0 Å². The van der Waals surface area contributed by atoms with Crippen molar-refractivity contribution in [3.8, 4) is 5.75 Å². The first-order valence-electron chi connectivity index (χ1n) is 5.71. The first kappa shape index (κ1) is 15.6. The van der Waals surface area contributed by atoms with Gasteiger partial charge in [-0.3, -0.25) is 4.79 Å². The summed E-state index contributed by atoms with van der Waals surface area (Å²) in [5.41, 5.74) is -0.188. The van der Waals surface area contributed by atoms with Gasteiger partial charge in [-0.1, -0.05) is 15.9 Å². The smallest absolute Gasteiger partial charge is 0.344 e. The number of nitrogens with zero attached hydrogens (tertiary/aromatic N) is 1. The molecule has 0 unspecified atom stereocenters. The fourth-order valence-corrected chi connectivity index (χ4v) is 1.50. The Labute approximate surface area is 120 Å². The molecular formula is C13H16BrNO4. The van der Waals surface area contributed by atoms with E-state index in [0.29, 0.717) is 11.4 Å². The van der Waals surface area contributed by atoms with Crippen LogP contribution in [0.2, 0.25) is 0 Å². The summed E-state index contributed by atoms with van der Waals surface area (Å²) in [6.07, 6.45) is 1.40. The van der Waals surface area contributed by atoms with Crippen LogP contribution in [0.5, 0.6) is 5.75 Å². The molecular weight excluding hydrogens is 314 g/mol. The van der Waals surface area contributed by atoms with E-state index >= 15 is 0 Å². The number of hydrogen-bond donors (Lipinski definition) is 0. The highest BCUT2D eigenvalue weighted by molar-refractivity contribution is 9.09. The van der Waals surface area contributed by atoms with Gasteiger partial charge in [-0.15, -0.1) is 0 Å². The van der Waals surface area contributed by atoms with Crippen LogP contribution in [0.25, 0.3) is 0 Å². The molecule has 0 aliphatic rings. The molecule has 0 fully saturated rings. The second-order valence-corrected chi connectivity index (χ2v) is 5.37. The quantitative estimate of drug-likeness (QED) is 0.471. The minimum atomic E-state index is -0.537. The summed E-state index contributed by atoms with van der Waals surface area (Å²) in [5.74, 6) is -0.149. The van der Waals surface area contributed by atoms with Gasteiger partial charge in [0.1, 0.15) is 17.0 Å². The Bertz CT molecular complexity index is 451. The van der Waals surface area contributed by atoms with Crippen molar-refractivity contribution in [2.75, 3.05) is 11.9 Å². The molecule has 1 aromatic heterocycles. The Kier molecular flexibility index (Phi) is 5.47. The van der Waals surface area contributed by atoms with Crippen molar-refractivity contribution < 1.29 is 19.1 Å². The molecule has 104 valence electrons. The summed E-state index contributed by atoms with van der Waals surface area (Å²) < 4.78 is 10.3. The SMILES string of the molecule is CC(C)(C)OC(=O)COc1ccc(C(=O)CBr)nc1. The third-order valence-electron chi connectivity index (χ3n) is 1.92. The lowest BCUT2D eigenvalue weighted by molar-refractivity contribution is -0.157. The first-order valence-corrected chi connectivity index (χ1v) is 6.84. The van der Waals surface area contributed by atoms with Gasteiger partial charge < -0.3 is 9.47 Å². The lowest BCUT2D eigenvalue weighted by atomic mass is 10.2. The number of alkyl halides is 1. The van der Waals surface area contributed by atoms with Crippen LogP contribution in [0.1, 0.15) is 31.3 Å². The van der Waals surface area contributed by atoms with Gasteiger partial charge in [-0.2, -0.15) is 0 Å². The molecule has 1 rings (SSSR count). The van der Waals surface area contributed by atoms with Crippen LogP contribution in [0.3, 0.4) is 0 Å². The molecule has 0 N–H and O–H groups in total. The van der Waals surface area contributed by atoms with Crippen LogP contribution in [0.4, 0.5) is 0 Å². The first-order chi connectivity index (χ1) is 8.81. The van der Waals surface area contributed by atoms with E-state index < -0.39 is 11.6 Å². The normalized spacial score (nSPS) is 10.9. The zero-order chi connectivity index (χ0) is 14.5. The van der Waals surface area contributed by atoms with E-state index in [0.717, 1.165) is 0 Å². The van der Waals surface area contributed by atoms with Gasteiger partial charge in [-0.05, 0) is 32.9 Å². The summed E-state index contributed by atoms with van der Waals surface area (Å²) in [7, 11) is 0. The maximum absolute atomic E-state index is 11.4. The van der Waals surface area contributed by atoms with Crippen LogP contribution >= 0.6 is 15.9 Å². The van der Waals surface area contributed by atoms with E-state index in [9.17, 15) is 9.59 Å². The number of rotatable bonds is 5. The molecule has 0 radical (unpaired) electrons. The van der Waals surface area contributed by atoms with E-state index in [1.54, 1.807) is 32.9 Å². The maximum atomic E-state index is 11.4. The molecule has 0 spiro atoms. The van der Waals surface area contributed by atoms with Gasteiger partial charge in [0.2, 0.25) is 0 Å². The monoisotopic (exact) mass is 329 g/mol. The molecule has 0 aliphatic heterocycles. The van der Waals surface area contributed by atoms with Crippen molar-refractivity contribution in [2.45, 2.75) is 26.4 Å². The number of aromatic nitrogens is 1. The fourth-order valence-electron chi connectivity index (χ4n) is 1.21. The predicted octanol–water partition coefficient (Wildman–Crippen LogP) is 2.38. The summed E-state index contributed by atoms with van der Waals surface area (Å²) >= 11 is 3.07. The molecule has 0 aromatic carbocycles. The summed E-state index contributed by atoms with van der Waals surface area (Å²) in [6, 6.07) is 3.14. The van der Waals surface area contributed by atoms with E-state index in [4.69, 9.17) is 9.47 Å². The van der Waals surface area contributed by atoms with Crippen molar-refractivity contribution in [1.82, 2.24) is 4.98 Å². The van der Waals surface area contributed by atoms with E-state index in [-0.39, 0.29) is 17.7 Å². The zero-order valence-electron chi connectivity index (χ0n) is 11.1. The second kappa shape index (κ2) is 6.65. The molecule has 0 amide bonds. The highest BCUT2D eigenvalue weighted by Crippen LogP contribution is 2.11. The Morgan fingerprint density at radius 2 is 2.00 bits per heavy atom. The number of halogens is 1. The highest BCUT2D eigenvalue weighted by atomic mass is 79.9. The van der Waals surface area contributed by atoms with Gasteiger partial charge in [0, 0.05) is 0 Å². The number of pyridine rings is 1. The molecule has 0 saturated heterocycles. The number of carbonyl (C=O) groups excluding carboxylic acids is 2. The second-order valence-electron chi connectivity index (χ2n) is 4.81. The van der Waals surface area contributed by atoms with Gasteiger partial charge in [0.25, 0.3) is 0 Å². The molecule has 0 atom stereocenters. The van der Waals surface area contributed by atoms with Crippen LogP contribution in [0.15, 0.2) is 18.3 Å². The number of ketones is 1. The average molecular weight is 330 g/mol. The fraction of sp³-hybridized carbons (Fsp3) is 0.462. The molecule has 5 nitrogen and oxygen atoms in total. The molecule has 1 heterocycles. The number of hydrogen-bond acceptors (Lipinski definition) is 5. The van der Waals surface area contributed by atoms with Gasteiger partial charge in [-0.25, -0.2) is 9.78 Å². The third-order valence-corrected chi connectivity index (χ3v) is 2.43. The summed E-state index contributed by atoms with van der Waals surface area (Å²) in [4.78, 5) is 26.7. The van der Waals surface area contributed by atoms with Crippen molar-refractivity contribution >= 4 is 27.7 Å². The summed E-state index contributed by atoms with van der Waals surface area (Å²) in [6.45, 7) is 5.16. The number of carbonyl (C=O) groups is 2. The molecule has 6 heteroatoms. The summed E-state index contributed by atoms with van der Waals surface area (Å²) in [5, 5.41) is 0.220. The maximum Gasteiger partial charge on any atom is 0.344 e. The van der Waals surface area contributed by atoms with Crippen molar-refractivity contribution in [3.63, 3.8) is 0 Å². The standard InChI is InChI=1S/C13H16BrNO4/c1-13(2,3)19-12(17)8-18-9-4-5-10(15-7-9)11(16)6-14/h4-5,7H,6,8H2,1-3H3. The largest absolute Gasteiger partial charge is 0.480 e. The Balaban J connectivity index is 2.50. The van der Waals surface area contributed by atoms with E-state index in [1.165, 1.54) is 6.20 Å². The molecule has 0 aliphatic carbocycles. The lowest BCUT2D eigenvalue weighted by Gasteiger charge is -2.19. The minimum Gasteiger partial charge on any atom is -0.480 e. The number of ether oxygens (including phenoxy) is 2. The van der Waals surface area contributed by atoms with Crippen molar-refractivity contribution in [1.29, 1.82) is 0 Å². The van der Waals surface area contributed by atoms with Gasteiger partial charge in [0.05, 0.1) is 11.5 Å². The molecule has 0 bridgehead atoms. The third kappa shape index (κ3) is 5.83. The van der Waals surface area contributed by atoms with Crippen LogP contribution in [-0.4, -0.2) is 34.3 Å². The van der Waals surface area contributed by atoms with Crippen LogP contribution < -0.4 is 4.74 Å². The zero-order valence-corrected chi connectivity index (χ0v) is 12.7. The molecule has 19 heavy (non-hydrogen) atoms. The van der Waals surface area contributed by atoms with Gasteiger partial charge in [0.15, 0.2) is 12.4 Å². The van der Waals surface area contributed by atoms with E-state index in [1.807, 2.05) is 0 Å². The average Bonchev–Trinajstić information content (AvgIpc) is 2.34. The Morgan fingerprint density at radius 1 is 1.32 bits per heavy atom. The highest BCUT2D eigenvalue weighted by Gasteiger charge is 2.16. The minimum absolute atomic E-state index is 0.112. The number of esters is 1. The van der Waals surface area contributed by atoms with Crippen LogP contribution in [-0.2, 0) is 9.53 Å². The van der Waals surface area contributed by atoms with Crippen molar-refractivity contribution in [3.05, 3.63) is 24.0 Å². The van der Waals surface area contributed by atoms with Crippen molar-refractivity contribution in [2.24, 2.45) is 0 Å². The van der Waals surface area contributed by atoms with Gasteiger partial charge >= 0.3 is 5.97 Å². The predicted molar refractivity (Wildman–Crippen MR) is 73.7 cm³/mol. The number of Topliss-reactive ketones (excluding diaryl/α,β-unsaturated/α-hetero) is 1. The lowest BCUT2D eigenvalue weighted by Crippen LogP contribution is -2.27. The Hall–Kier alpha value is -1.43. The Morgan fingerprint density at radius 3 is 2.47 bits per heavy atom. The molecule has 1 aromatic rings. The molecule has 0 saturated carbocycles.